The summed E-state index contributed by atoms with van der Waals surface area (Å²) in [7, 11) is 0. The summed E-state index contributed by atoms with van der Waals surface area (Å²) in [6.07, 6.45) is 12.2. The van der Waals surface area contributed by atoms with Crippen molar-refractivity contribution in [3.05, 3.63) is 12.7 Å². The summed E-state index contributed by atoms with van der Waals surface area (Å²) in [6.45, 7) is 6.46. The van der Waals surface area contributed by atoms with E-state index >= 15 is 0 Å². The molecule has 0 aromatic rings. The van der Waals surface area contributed by atoms with Crippen LogP contribution in [0.25, 0.3) is 0 Å². The molecule has 3 heteroatoms. The van der Waals surface area contributed by atoms with Crippen molar-refractivity contribution in [2.24, 2.45) is 0 Å². The van der Waals surface area contributed by atoms with E-state index in [1.807, 2.05) is 6.08 Å². The molecule has 0 atom stereocenters. The fourth-order valence-corrected chi connectivity index (χ4v) is 2.13. The van der Waals surface area contributed by atoms with Crippen molar-refractivity contribution < 1.29 is 10.2 Å². The lowest BCUT2D eigenvalue weighted by atomic mass is 10.1. The highest BCUT2D eigenvalue weighted by molar-refractivity contribution is 4.65. The van der Waals surface area contributed by atoms with Crippen LogP contribution in [0.3, 0.4) is 0 Å². The Bertz CT molecular complexity index is 168. The fourth-order valence-electron chi connectivity index (χ4n) is 2.13. The average Bonchev–Trinajstić information content (AvgIpc) is 2.37. The Morgan fingerprint density at radius 3 is 1.72 bits per heavy atom. The molecule has 2 N–H and O–H groups in total. The first-order valence-electron chi connectivity index (χ1n) is 7.40. The largest absolute Gasteiger partial charge is 0.395 e. The topological polar surface area (TPSA) is 43.7 Å². The van der Waals surface area contributed by atoms with Crippen LogP contribution in [0.15, 0.2) is 12.7 Å². The average molecular weight is 257 g/mol. The van der Waals surface area contributed by atoms with Crippen molar-refractivity contribution in [3.8, 4) is 0 Å². The second-order valence-electron chi connectivity index (χ2n) is 4.84. The van der Waals surface area contributed by atoms with Crippen LogP contribution in [0.2, 0.25) is 0 Å². The van der Waals surface area contributed by atoms with Gasteiger partial charge in [-0.2, -0.15) is 0 Å². The number of allylic oxidation sites excluding steroid dienone is 1. The Labute approximate surface area is 113 Å². The van der Waals surface area contributed by atoms with Crippen LogP contribution in [0.4, 0.5) is 0 Å². The van der Waals surface area contributed by atoms with Gasteiger partial charge in [0.2, 0.25) is 0 Å². The minimum Gasteiger partial charge on any atom is -0.395 e. The van der Waals surface area contributed by atoms with Gasteiger partial charge in [0.15, 0.2) is 0 Å². The zero-order valence-electron chi connectivity index (χ0n) is 11.8. The van der Waals surface area contributed by atoms with Gasteiger partial charge in [-0.1, -0.05) is 38.2 Å². The van der Waals surface area contributed by atoms with E-state index in [1.54, 1.807) is 0 Å². The number of aliphatic hydroxyl groups excluding tert-OH is 2. The van der Waals surface area contributed by atoms with Gasteiger partial charge in [-0.15, -0.1) is 6.58 Å². The van der Waals surface area contributed by atoms with E-state index in [0.29, 0.717) is 13.1 Å². The molecule has 0 spiro atoms. The van der Waals surface area contributed by atoms with Gasteiger partial charge in [0.05, 0.1) is 13.2 Å². The van der Waals surface area contributed by atoms with Crippen LogP contribution in [-0.2, 0) is 0 Å². The number of unbranched alkanes of at least 4 members (excludes halogenated alkanes) is 7. The quantitative estimate of drug-likeness (QED) is 0.371. The van der Waals surface area contributed by atoms with Crippen molar-refractivity contribution in [1.29, 1.82) is 0 Å². The summed E-state index contributed by atoms with van der Waals surface area (Å²) in [4.78, 5) is 2.13. The maximum atomic E-state index is 8.88. The molecule has 0 saturated carbocycles. The van der Waals surface area contributed by atoms with E-state index < -0.39 is 0 Å². The number of nitrogens with zero attached hydrogens (tertiary/aromatic N) is 1. The van der Waals surface area contributed by atoms with Crippen LogP contribution in [0, 0.1) is 0 Å². The molecule has 0 aliphatic carbocycles. The molecule has 0 radical (unpaired) electrons. The molecule has 0 bridgehead atoms. The van der Waals surface area contributed by atoms with Gasteiger partial charge in [0.25, 0.3) is 0 Å². The first-order chi connectivity index (χ1) is 8.85. The number of aliphatic hydroxyl groups is 2. The summed E-state index contributed by atoms with van der Waals surface area (Å²) < 4.78 is 0. The van der Waals surface area contributed by atoms with Gasteiger partial charge in [-0.3, -0.25) is 4.90 Å². The summed E-state index contributed by atoms with van der Waals surface area (Å²) in [5.74, 6) is 0. The molecule has 0 rings (SSSR count). The van der Waals surface area contributed by atoms with Crippen molar-refractivity contribution in [2.45, 2.75) is 51.4 Å². The van der Waals surface area contributed by atoms with Gasteiger partial charge in [-0.05, 0) is 25.8 Å². The Hall–Kier alpha value is -0.380. The van der Waals surface area contributed by atoms with Crippen LogP contribution < -0.4 is 0 Å². The van der Waals surface area contributed by atoms with Gasteiger partial charge >= 0.3 is 0 Å². The molecule has 0 fully saturated rings. The van der Waals surface area contributed by atoms with E-state index in [9.17, 15) is 0 Å². The van der Waals surface area contributed by atoms with Gasteiger partial charge in [0.1, 0.15) is 0 Å². The van der Waals surface area contributed by atoms with Crippen LogP contribution >= 0.6 is 0 Å². The highest BCUT2D eigenvalue weighted by atomic mass is 16.3. The Kier molecular flexibility index (Phi) is 14.4. The highest BCUT2D eigenvalue weighted by Gasteiger charge is 2.02. The fraction of sp³-hybridized carbons (Fsp3) is 0.867. The molecule has 0 heterocycles. The van der Waals surface area contributed by atoms with Gasteiger partial charge in [-0.25, -0.2) is 0 Å². The van der Waals surface area contributed by atoms with Crippen LogP contribution in [0.1, 0.15) is 51.4 Å². The molecule has 0 aliphatic rings. The highest BCUT2D eigenvalue weighted by Crippen LogP contribution is 2.09. The van der Waals surface area contributed by atoms with Gasteiger partial charge < -0.3 is 10.2 Å². The van der Waals surface area contributed by atoms with Crippen LogP contribution in [0.5, 0.6) is 0 Å². The molecule has 108 valence electrons. The lowest BCUT2D eigenvalue weighted by Crippen LogP contribution is -2.30. The van der Waals surface area contributed by atoms with Gasteiger partial charge in [0, 0.05) is 13.1 Å². The lowest BCUT2D eigenvalue weighted by molar-refractivity contribution is 0.159. The minimum absolute atomic E-state index is 0.184. The molecule has 0 aromatic carbocycles. The molecule has 0 amide bonds. The number of rotatable bonds is 14. The summed E-state index contributed by atoms with van der Waals surface area (Å²) in [5, 5.41) is 17.8. The SMILES string of the molecule is C=CCCCCCCCCCN(CCO)CCO. The third-order valence-corrected chi connectivity index (χ3v) is 3.22. The summed E-state index contributed by atoms with van der Waals surface area (Å²) in [6, 6.07) is 0. The zero-order chi connectivity index (χ0) is 13.5. The lowest BCUT2D eigenvalue weighted by Gasteiger charge is -2.19. The maximum absolute atomic E-state index is 8.88. The number of hydrogen-bond donors (Lipinski definition) is 2. The standard InChI is InChI=1S/C15H31NO2/c1-2-3-4-5-6-7-8-9-10-11-16(12-14-17)13-15-18/h2,17-18H,1,3-15H2. The third kappa shape index (κ3) is 12.1. The predicted molar refractivity (Wildman–Crippen MR) is 77.7 cm³/mol. The summed E-state index contributed by atoms with van der Waals surface area (Å²) in [5.41, 5.74) is 0. The van der Waals surface area contributed by atoms with Crippen molar-refractivity contribution in [2.75, 3.05) is 32.8 Å². The Balaban J connectivity index is 3.24. The van der Waals surface area contributed by atoms with E-state index in [-0.39, 0.29) is 13.2 Å². The van der Waals surface area contributed by atoms with Crippen molar-refractivity contribution in [3.63, 3.8) is 0 Å². The monoisotopic (exact) mass is 257 g/mol. The molecular weight excluding hydrogens is 226 g/mol. The van der Waals surface area contributed by atoms with Crippen LogP contribution in [-0.4, -0.2) is 48.0 Å². The first kappa shape index (κ1) is 17.6. The molecule has 18 heavy (non-hydrogen) atoms. The van der Waals surface area contributed by atoms with E-state index in [0.717, 1.165) is 13.0 Å². The molecule has 3 nitrogen and oxygen atoms in total. The molecule has 0 aromatic heterocycles. The molecule has 0 unspecified atom stereocenters. The van der Waals surface area contributed by atoms with E-state index in [4.69, 9.17) is 10.2 Å². The Morgan fingerprint density at radius 2 is 1.22 bits per heavy atom. The van der Waals surface area contributed by atoms with Crippen molar-refractivity contribution >= 4 is 0 Å². The molecular formula is C15H31NO2. The smallest absolute Gasteiger partial charge is 0.0558 e. The second kappa shape index (κ2) is 14.7. The normalized spacial score (nSPS) is 11.1. The Morgan fingerprint density at radius 1 is 0.722 bits per heavy atom. The predicted octanol–water partition coefficient (Wildman–Crippen LogP) is 2.58. The first-order valence-corrected chi connectivity index (χ1v) is 7.40. The minimum atomic E-state index is 0.184. The summed E-state index contributed by atoms with van der Waals surface area (Å²) >= 11 is 0. The van der Waals surface area contributed by atoms with E-state index in [1.165, 1.54) is 44.9 Å². The van der Waals surface area contributed by atoms with Crippen molar-refractivity contribution in [1.82, 2.24) is 4.90 Å². The third-order valence-electron chi connectivity index (χ3n) is 3.22. The molecule has 0 saturated heterocycles. The second-order valence-corrected chi connectivity index (χ2v) is 4.84. The zero-order valence-corrected chi connectivity index (χ0v) is 11.8. The van der Waals surface area contributed by atoms with E-state index in [2.05, 4.69) is 11.5 Å². The maximum Gasteiger partial charge on any atom is 0.0558 e. The number of hydrogen-bond acceptors (Lipinski definition) is 3. The molecule has 0 aliphatic heterocycles.